The highest BCUT2D eigenvalue weighted by atomic mass is 16.5. The van der Waals surface area contributed by atoms with Gasteiger partial charge in [-0.05, 0) is 26.7 Å². The van der Waals surface area contributed by atoms with Crippen LogP contribution in [0.2, 0.25) is 0 Å². The Hall–Kier alpha value is -2.15. The van der Waals surface area contributed by atoms with Crippen molar-refractivity contribution < 1.29 is 9.53 Å². The summed E-state index contributed by atoms with van der Waals surface area (Å²) in [6.45, 7) is 5.16. The lowest BCUT2D eigenvalue weighted by atomic mass is 9.90. The Bertz CT molecular complexity index is 677. The Morgan fingerprint density at radius 3 is 3.00 bits per heavy atom. The van der Waals surface area contributed by atoms with E-state index < -0.39 is 0 Å². The molecule has 2 atom stereocenters. The summed E-state index contributed by atoms with van der Waals surface area (Å²) in [5.74, 6) is -0.155. The quantitative estimate of drug-likeness (QED) is 0.896. The van der Waals surface area contributed by atoms with Crippen molar-refractivity contribution in [2.75, 3.05) is 6.61 Å². The van der Waals surface area contributed by atoms with E-state index in [1.54, 1.807) is 12.4 Å². The number of ether oxygens (including phenoxy) is 1. The first-order valence-electron chi connectivity index (χ1n) is 7.95. The zero-order valence-corrected chi connectivity index (χ0v) is 13.8. The van der Waals surface area contributed by atoms with Crippen molar-refractivity contribution in [3.8, 4) is 0 Å². The van der Waals surface area contributed by atoms with Crippen molar-refractivity contribution in [1.82, 2.24) is 25.3 Å². The Morgan fingerprint density at radius 1 is 1.52 bits per heavy atom. The molecule has 1 aliphatic rings. The summed E-state index contributed by atoms with van der Waals surface area (Å²) < 4.78 is 7.66. The second kappa shape index (κ2) is 6.54. The summed E-state index contributed by atoms with van der Waals surface area (Å²) in [7, 11) is 1.91. The smallest absolute Gasteiger partial charge is 0.226 e. The molecule has 0 saturated carbocycles. The second-order valence-corrected chi connectivity index (χ2v) is 6.06. The maximum absolute atomic E-state index is 12.7. The molecule has 2 aromatic rings. The van der Waals surface area contributed by atoms with Gasteiger partial charge in [0.1, 0.15) is 0 Å². The van der Waals surface area contributed by atoms with Crippen LogP contribution in [0.4, 0.5) is 0 Å². The molecule has 3 rings (SSSR count). The number of nitrogens with one attached hydrogen (secondary N) is 2. The van der Waals surface area contributed by atoms with Crippen LogP contribution in [-0.4, -0.2) is 32.5 Å². The lowest BCUT2D eigenvalue weighted by Gasteiger charge is -2.30. The minimum absolute atomic E-state index is 0.0264. The van der Waals surface area contributed by atoms with Gasteiger partial charge in [-0.1, -0.05) is 0 Å². The van der Waals surface area contributed by atoms with Gasteiger partial charge in [-0.3, -0.25) is 14.6 Å². The van der Waals surface area contributed by atoms with Crippen LogP contribution in [0.15, 0.2) is 12.4 Å². The number of carbonyl (C=O) groups is 1. The van der Waals surface area contributed by atoms with Crippen molar-refractivity contribution in [2.45, 2.75) is 39.3 Å². The van der Waals surface area contributed by atoms with Gasteiger partial charge in [-0.15, -0.1) is 0 Å². The number of hydrogen-bond donors (Lipinski definition) is 2. The summed E-state index contributed by atoms with van der Waals surface area (Å²) in [5, 5.41) is 14.2. The molecule has 0 aromatic carbocycles. The van der Waals surface area contributed by atoms with Crippen molar-refractivity contribution in [1.29, 1.82) is 0 Å². The number of rotatable bonds is 4. The largest absolute Gasteiger partial charge is 0.373 e. The first-order chi connectivity index (χ1) is 11.1. The fourth-order valence-electron chi connectivity index (χ4n) is 3.17. The maximum Gasteiger partial charge on any atom is 0.226 e. The third-order valence-corrected chi connectivity index (χ3v) is 4.61. The summed E-state index contributed by atoms with van der Waals surface area (Å²) >= 11 is 0. The molecule has 0 radical (unpaired) electrons. The zero-order chi connectivity index (χ0) is 16.4. The molecule has 1 amide bonds. The van der Waals surface area contributed by atoms with Crippen LogP contribution < -0.4 is 5.32 Å². The Morgan fingerprint density at radius 2 is 2.35 bits per heavy atom. The van der Waals surface area contributed by atoms with Crippen LogP contribution in [0.1, 0.15) is 41.5 Å². The number of aromatic amines is 1. The Kier molecular flexibility index (Phi) is 4.47. The number of carbonyl (C=O) groups excluding carboxylic acids is 1. The number of H-pyrrole nitrogens is 1. The van der Waals surface area contributed by atoms with E-state index >= 15 is 0 Å². The Balaban J connectivity index is 1.69. The monoisotopic (exact) mass is 317 g/mol. The number of hydrogen-bond acceptors (Lipinski definition) is 4. The zero-order valence-electron chi connectivity index (χ0n) is 13.8. The van der Waals surface area contributed by atoms with Crippen LogP contribution >= 0.6 is 0 Å². The van der Waals surface area contributed by atoms with Gasteiger partial charge in [0, 0.05) is 43.2 Å². The van der Waals surface area contributed by atoms with E-state index in [-0.39, 0.29) is 17.9 Å². The van der Waals surface area contributed by atoms with E-state index in [2.05, 4.69) is 20.6 Å². The minimum Gasteiger partial charge on any atom is -0.373 e. The molecule has 0 unspecified atom stereocenters. The summed E-state index contributed by atoms with van der Waals surface area (Å²) in [4.78, 5) is 12.7. The van der Waals surface area contributed by atoms with Crippen molar-refractivity contribution >= 4 is 5.91 Å². The first kappa shape index (κ1) is 15.7. The van der Waals surface area contributed by atoms with E-state index in [0.29, 0.717) is 13.2 Å². The second-order valence-electron chi connectivity index (χ2n) is 6.06. The van der Waals surface area contributed by atoms with Crippen LogP contribution in [-0.2, 0) is 23.1 Å². The molecule has 1 aliphatic heterocycles. The highest BCUT2D eigenvalue weighted by molar-refractivity contribution is 5.79. The number of aromatic nitrogens is 4. The molecule has 2 N–H and O–H groups in total. The predicted molar refractivity (Wildman–Crippen MR) is 84.5 cm³/mol. The molecule has 7 heteroatoms. The highest BCUT2D eigenvalue weighted by Gasteiger charge is 2.33. The molecule has 7 nitrogen and oxygen atoms in total. The first-order valence-corrected chi connectivity index (χ1v) is 7.95. The summed E-state index contributed by atoms with van der Waals surface area (Å²) in [5.41, 5.74) is 4.04. The van der Waals surface area contributed by atoms with E-state index in [9.17, 15) is 4.79 Å². The summed E-state index contributed by atoms with van der Waals surface area (Å²) in [6.07, 6.45) is 5.03. The van der Waals surface area contributed by atoms with Gasteiger partial charge in [0.25, 0.3) is 0 Å². The molecule has 1 saturated heterocycles. The molecule has 1 fully saturated rings. The molecule has 0 bridgehead atoms. The van der Waals surface area contributed by atoms with Crippen molar-refractivity contribution in [2.24, 2.45) is 13.0 Å². The Labute approximate surface area is 135 Å². The molecule has 23 heavy (non-hydrogen) atoms. The molecular formula is C16H23N5O2. The lowest BCUT2D eigenvalue weighted by molar-refractivity contribution is -0.134. The number of amides is 1. The van der Waals surface area contributed by atoms with Gasteiger partial charge >= 0.3 is 0 Å². The third kappa shape index (κ3) is 3.14. The minimum atomic E-state index is -0.224. The van der Waals surface area contributed by atoms with Crippen LogP contribution in [0, 0.1) is 19.8 Å². The van der Waals surface area contributed by atoms with Crippen molar-refractivity contribution in [3.05, 3.63) is 34.9 Å². The van der Waals surface area contributed by atoms with E-state index in [1.165, 1.54) is 0 Å². The maximum atomic E-state index is 12.7. The van der Waals surface area contributed by atoms with Crippen LogP contribution in [0.25, 0.3) is 0 Å². The number of nitrogens with zero attached hydrogens (tertiary/aromatic N) is 3. The average Bonchev–Trinajstić information content (AvgIpc) is 3.15. The average molecular weight is 317 g/mol. The normalized spacial score (nSPS) is 21.3. The number of aryl methyl sites for hydroxylation is 2. The standard InChI is InChI=1S/C16H23N5O2/c1-10-14(11(2)21(3)20-10)9-17-16(22)13-5-4-6-23-15(13)12-7-18-19-8-12/h7-8,13,15H,4-6,9H2,1-3H3,(H,17,22)(H,18,19)/t13-,15+/m1/s1. The molecule has 0 spiro atoms. The van der Waals surface area contributed by atoms with Gasteiger partial charge in [0.05, 0.1) is 23.9 Å². The fourth-order valence-corrected chi connectivity index (χ4v) is 3.17. The topological polar surface area (TPSA) is 84.8 Å². The van der Waals surface area contributed by atoms with Gasteiger partial charge in [-0.25, -0.2) is 0 Å². The molecule has 2 aromatic heterocycles. The van der Waals surface area contributed by atoms with Crippen LogP contribution in [0.5, 0.6) is 0 Å². The lowest BCUT2D eigenvalue weighted by Crippen LogP contribution is -2.37. The van der Waals surface area contributed by atoms with E-state index in [1.807, 2.05) is 25.6 Å². The predicted octanol–water partition coefficient (Wildman–Crippen LogP) is 1.54. The van der Waals surface area contributed by atoms with Crippen LogP contribution in [0.3, 0.4) is 0 Å². The van der Waals surface area contributed by atoms with Crippen molar-refractivity contribution in [3.63, 3.8) is 0 Å². The molecule has 3 heterocycles. The van der Waals surface area contributed by atoms with Gasteiger partial charge in [0.15, 0.2) is 0 Å². The third-order valence-electron chi connectivity index (χ3n) is 4.61. The molecular weight excluding hydrogens is 294 g/mol. The summed E-state index contributed by atoms with van der Waals surface area (Å²) in [6, 6.07) is 0. The van der Waals surface area contributed by atoms with Gasteiger partial charge in [0.2, 0.25) is 5.91 Å². The SMILES string of the molecule is Cc1nn(C)c(C)c1CNC(=O)[C@@H]1CCCO[C@H]1c1cn[nH]c1. The molecule has 124 valence electrons. The van der Waals surface area contributed by atoms with E-state index in [0.717, 1.165) is 35.4 Å². The van der Waals surface area contributed by atoms with Gasteiger partial charge in [-0.2, -0.15) is 10.2 Å². The highest BCUT2D eigenvalue weighted by Crippen LogP contribution is 2.33. The molecule has 0 aliphatic carbocycles. The fraction of sp³-hybridized carbons (Fsp3) is 0.562. The van der Waals surface area contributed by atoms with Gasteiger partial charge < -0.3 is 10.1 Å². The van der Waals surface area contributed by atoms with E-state index in [4.69, 9.17) is 4.74 Å².